The van der Waals surface area contributed by atoms with Crippen molar-refractivity contribution in [3.63, 3.8) is 0 Å². The van der Waals surface area contributed by atoms with Crippen molar-refractivity contribution in [3.8, 4) is 0 Å². The molecule has 0 aliphatic heterocycles. The largest absolute Gasteiger partial charge is 0.352 e. The van der Waals surface area contributed by atoms with Crippen molar-refractivity contribution in [3.05, 3.63) is 17.5 Å². The van der Waals surface area contributed by atoms with Gasteiger partial charge >= 0.3 is 0 Å². The van der Waals surface area contributed by atoms with E-state index in [1.54, 1.807) is 0 Å². The lowest BCUT2D eigenvalue weighted by Crippen LogP contribution is -2.41. The van der Waals surface area contributed by atoms with E-state index in [0.717, 1.165) is 25.1 Å². The molecule has 0 radical (unpaired) electrons. The number of aryl methyl sites for hydroxylation is 1. The maximum absolute atomic E-state index is 12.0. The van der Waals surface area contributed by atoms with Crippen LogP contribution in [0.2, 0.25) is 0 Å². The Hall–Kier alpha value is -1.36. The summed E-state index contributed by atoms with van der Waals surface area (Å²) in [5.74, 6) is 0.140. The molecule has 0 bridgehead atoms. The fraction of sp³-hybridized carbons (Fsp3) is 0.733. The molecule has 0 aromatic carbocycles. The topological polar surface area (TPSA) is 50.2 Å². The van der Waals surface area contributed by atoms with E-state index in [-0.39, 0.29) is 5.91 Å². The lowest BCUT2D eigenvalue weighted by atomic mass is 9.95. The van der Waals surface area contributed by atoms with Crippen molar-refractivity contribution in [2.45, 2.75) is 51.6 Å². The van der Waals surface area contributed by atoms with Gasteiger partial charge in [0.05, 0.1) is 12.7 Å². The molecule has 1 aromatic heterocycles. The minimum absolute atomic E-state index is 0.140. The number of likely N-dealkylation sites (N-methyl/N-ethyl adjacent to an activating group) is 1. The van der Waals surface area contributed by atoms with Crippen LogP contribution in [0.15, 0.2) is 6.20 Å². The Balaban J connectivity index is 1.77. The summed E-state index contributed by atoms with van der Waals surface area (Å²) in [6.07, 6.45) is 7.96. The first-order valence-corrected chi connectivity index (χ1v) is 7.51. The van der Waals surface area contributed by atoms with Gasteiger partial charge in [0, 0.05) is 30.9 Å². The van der Waals surface area contributed by atoms with Gasteiger partial charge in [-0.15, -0.1) is 0 Å². The summed E-state index contributed by atoms with van der Waals surface area (Å²) in [5.41, 5.74) is 2.34. The second-order valence-electron chi connectivity index (χ2n) is 5.95. The van der Waals surface area contributed by atoms with E-state index in [1.165, 1.54) is 24.8 Å². The molecule has 0 saturated heterocycles. The van der Waals surface area contributed by atoms with Crippen LogP contribution >= 0.6 is 0 Å². The molecule has 0 spiro atoms. The monoisotopic (exact) mass is 278 g/mol. The number of hydrogen-bond donors (Lipinski definition) is 1. The molecule has 1 N–H and O–H groups in total. The SMILES string of the molecule is Cc1c(CN(C)CC(=O)NC2CCCCC2)cnn1C. The molecule has 1 aliphatic carbocycles. The number of carbonyl (C=O) groups excluding carboxylic acids is 1. The van der Waals surface area contributed by atoms with Crippen molar-refractivity contribution < 1.29 is 4.79 Å². The fourth-order valence-electron chi connectivity index (χ4n) is 2.81. The van der Waals surface area contributed by atoms with Gasteiger partial charge in [0.2, 0.25) is 5.91 Å². The van der Waals surface area contributed by atoms with Gasteiger partial charge in [-0.05, 0) is 26.8 Å². The highest BCUT2D eigenvalue weighted by atomic mass is 16.2. The average molecular weight is 278 g/mol. The van der Waals surface area contributed by atoms with E-state index < -0.39 is 0 Å². The van der Waals surface area contributed by atoms with Crippen LogP contribution in [0.3, 0.4) is 0 Å². The smallest absolute Gasteiger partial charge is 0.234 e. The van der Waals surface area contributed by atoms with Crippen molar-refractivity contribution in [2.75, 3.05) is 13.6 Å². The van der Waals surface area contributed by atoms with E-state index in [0.29, 0.717) is 12.6 Å². The number of nitrogens with one attached hydrogen (secondary N) is 1. The fourth-order valence-corrected chi connectivity index (χ4v) is 2.81. The van der Waals surface area contributed by atoms with Crippen molar-refractivity contribution in [1.82, 2.24) is 20.0 Å². The first-order chi connectivity index (χ1) is 9.56. The second kappa shape index (κ2) is 6.88. The zero-order valence-electron chi connectivity index (χ0n) is 12.9. The maximum atomic E-state index is 12.0. The van der Waals surface area contributed by atoms with Gasteiger partial charge in [0.15, 0.2) is 0 Å². The molecular weight excluding hydrogens is 252 g/mol. The number of rotatable bonds is 5. The first-order valence-electron chi connectivity index (χ1n) is 7.51. The molecule has 20 heavy (non-hydrogen) atoms. The molecule has 1 amide bonds. The lowest BCUT2D eigenvalue weighted by molar-refractivity contribution is -0.123. The van der Waals surface area contributed by atoms with Crippen LogP contribution in [0.5, 0.6) is 0 Å². The number of aromatic nitrogens is 2. The number of carbonyl (C=O) groups is 1. The van der Waals surface area contributed by atoms with E-state index in [4.69, 9.17) is 0 Å². The van der Waals surface area contributed by atoms with Gasteiger partial charge < -0.3 is 5.32 Å². The van der Waals surface area contributed by atoms with Crippen LogP contribution in [-0.4, -0.2) is 40.2 Å². The van der Waals surface area contributed by atoms with Crippen LogP contribution < -0.4 is 5.32 Å². The number of nitrogens with zero attached hydrogens (tertiary/aromatic N) is 3. The van der Waals surface area contributed by atoms with Crippen molar-refractivity contribution in [2.24, 2.45) is 7.05 Å². The van der Waals surface area contributed by atoms with Gasteiger partial charge in [-0.2, -0.15) is 5.10 Å². The van der Waals surface area contributed by atoms with Gasteiger partial charge in [-0.3, -0.25) is 14.4 Å². The molecule has 0 atom stereocenters. The third kappa shape index (κ3) is 4.07. The Morgan fingerprint density at radius 1 is 1.45 bits per heavy atom. The zero-order valence-corrected chi connectivity index (χ0v) is 12.9. The van der Waals surface area contributed by atoms with Crippen LogP contribution in [-0.2, 0) is 18.4 Å². The summed E-state index contributed by atoms with van der Waals surface area (Å²) in [4.78, 5) is 14.1. The Labute approximate surface area is 121 Å². The normalized spacial score (nSPS) is 16.6. The minimum atomic E-state index is 0.140. The summed E-state index contributed by atoms with van der Waals surface area (Å²) in [5, 5.41) is 7.39. The Morgan fingerprint density at radius 2 is 2.15 bits per heavy atom. The lowest BCUT2D eigenvalue weighted by Gasteiger charge is -2.24. The quantitative estimate of drug-likeness (QED) is 0.890. The molecule has 1 aliphatic rings. The molecule has 0 unspecified atom stereocenters. The van der Waals surface area contributed by atoms with Crippen LogP contribution in [0.4, 0.5) is 0 Å². The molecule has 1 aromatic rings. The molecule has 112 valence electrons. The van der Waals surface area contributed by atoms with Crippen molar-refractivity contribution in [1.29, 1.82) is 0 Å². The predicted molar refractivity (Wildman–Crippen MR) is 79.3 cm³/mol. The minimum Gasteiger partial charge on any atom is -0.352 e. The van der Waals surface area contributed by atoms with Gasteiger partial charge in [0.1, 0.15) is 0 Å². The van der Waals surface area contributed by atoms with E-state index in [2.05, 4.69) is 17.3 Å². The standard InChI is InChI=1S/C15H26N4O/c1-12-13(9-16-19(12)3)10-18(2)11-15(20)17-14-7-5-4-6-8-14/h9,14H,4-8,10-11H2,1-3H3,(H,17,20). The third-order valence-corrected chi connectivity index (χ3v) is 4.16. The van der Waals surface area contributed by atoms with Crippen LogP contribution in [0, 0.1) is 6.92 Å². The van der Waals surface area contributed by atoms with Gasteiger partial charge in [0.25, 0.3) is 0 Å². The predicted octanol–water partition coefficient (Wildman–Crippen LogP) is 1.61. The van der Waals surface area contributed by atoms with E-state index in [1.807, 2.05) is 29.9 Å². The second-order valence-corrected chi connectivity index (χ2v) is 5.95. The Kier molecular flexibility index (Phi) is 5.17. The number of amides is 1. The van der Waals surface area contributed by atoms with Crippen LogP contribution in [0.1, 0.15) is 43.4 Å². The third-order valence-electron chi connectivity index (χ3n) is 4.16. The number of hydrogen-bond acceptors (Lipinski definition) is 3. The summed E-state index contributed by atoms with van der Waals surface area (Å²) < 4.78 is 1.87. The van der Waals surface area contributed by atoms with Gasteiger partial charge in [-0.25, -0.2) is 0 Å². The van der Waals surface area contributed by atoms with Gasteiger partial charge in [-0.1, -0.05) is 19.3 Å². The Bertz CT molecular complexity index is 449. The molecule has 1 heterocycles. The van der Waals surface area contributed by atoms with E-state index in [9.17, 15) is 4.79 Å². The zero-order chi connectivity index (χ0) is 14.5. The summed E-state index contributed by atoms with van der Waals surface area (Å²) >= 11 is 0. The van der Waals surface area contributed by atoms with Crippen LogP contribution in [0.25, 0.3) is 0 Å². The molecule has 1 saturated carbocycles. The van der Waals surface area contributed by atoms with E-state index >= 15 is 0 Å². The molecular formula is C15H26N4O. The molecule has 5 nitrogen and oxygen atoms in total. The molecule has 5 heteroatoms. The Morgan fingerprint density at radius 3 is 2.75 bits per heavy atom. The molecule has 1 fully saturated rings. The van der Waals surface area contributed by atoms with Crippen molar-refractivity contribution >= 4 is 5.91 Å². The molecule has 2 rings (SSSR count). The first kappa shape index (κ1) is 15.0. The summed E-state index contributed by atoms with van der Waals surface area (Å²) in [6.45, 7) is 3.26. The highest BCUT2D eigenvalue weighted by Gasteiger charge is 2.17. The summed E-state index contributed by atoms with van der Waals surface area (Å²) in [7, 11) is 3.92. The summed E-state index contributed by atoms with van der Waals surface area (Å²) in [6, 6.07) is 0.393. The highest BCUT2D eigenvalue weighted by Crippen LogP contribution is 2.17. The maximum Gasteiger partial charge on any atom is 0.234 e. The average Bonchev–Trinajstić information content (AvgIpc) is 2.71. The highest BCUT2D eigenvalue weighted by molar-refractivity contribution is 5.78.